The number of pyridine rings is 1. The maximum Gasteiger partial charge on any atom is 0.235 e. The van der Waals surface area contributed by atoms with Crippen LogP contribution in [0, 0.1) is 0 Å². The minimum atomic E-state index is 0.712. The van der Waals surface area contributed by atoms with Crippen LogP contribution < -0.4 is 0 Å². The average molecular weight is 480 g/mol. The van der Waals surface area contributed by atoms with E-state index < -0.39 is 0 Å². The average Bonchev–Trinajstić information content (AvgIpc) is 3.65. The summed E-state index contributed by atoms with van der Waals surface area (Å²) in [5.41, 5.74) is 3.71. The first kappa shape index (κ1) is 19.1. The lowest BCUT2D eigenvalue weighted by molar-refractivity contribution is 0.967. The second-order valence-electron chi connectivity index (χ2n) is 7.44. The zero-order valence-electron chi connectivity index (χ0n) is 17.3. The molecule has 34 heavy (non-hydrogen) atoms. The van der Waals surface area contributed by atoms with Crippen LogP contribution in [-0.4, -0.2) is 44.6 Å². The Kier molecular flexibility index (Phi) is 4.29. The Morgan fingerprint density at radius 1 is 0.529 bits per heavy atom. The Hall–Kier alpha value is -4.35. The lowest BCUT2D eigenvalue weighted by Crippen LogP contribution is -1.92. The van der Waals surface area contributed by atoms with Gasteiger partial charge in [0.1, 0.15) is 10.0 Å². The van der Waals surface area contributed by atoms with Gasteiger partial charge < -0.3 is 0 Å². The lowest BCUT2D eigenvalue weighted by Gasteiger charge is -1.99. The topological polar surface area (TPSA) is 99.0 Å². The second-order valence-corrected chi connectivity index (χ2v) is 9.36. The van der Waals surface area contributed by atoms with Crippen molar-refractivity contribution >= 4 is 32.6 Å². The first-order chi connectivity index (χ1) is 16.8. The van der Waals surface area contributed by atoms with Gasteiger partial charge in [0, 0.05) is 34.6 Å². The first-order valence-corrected chi connectivity index (χ1v) is 12.0. The van der Waals surface area contributed by atoms with Crippen LogP contribution >= 0.6 is 22.7 Å². The molecular formula is C23H13N9S2. The fourth-order valence-corrected chi connectivity index (χ4v) is 5.32. The van der Waals surface area contributed by atoms with E-state index in [9.17, 15) is 0 Å². The van der Waals surface area contributed by atoms with Gasteiger partial charge in [-0.2, -0.15) is 19.2 Å². The fraction of sp³-hybridized carbons (Fsp3) is 0. The van der Waals surface area contributed by atoms with Crippen molar-refractivity contribution in [3.63, 3.8) is 0 Å². The standard InChI is InChI=1S/C23H13N9S2/c1-3-7-14(8-4-1)18-25-27-22-31(18)29-20(33-22)16-11-17(13-24-12-16)21-30-32-19(26-28-23(32)34-21)15-9-5-2-6-10-15/h1-13H. The molecule has 0 aliphatic carbocycles. The summed E-state index contributed by atoms with van der Waals surface area (Å²) in [4.78, 5) is 5.91. The van der Waals surface area contributed by atoms with E-state index in [1.54, 1.807) is 21.4 Å². The van der Waals surface area contributed by atoms with Crippen LogP contribution in [0.5, 0.6) is 0 Å². The molecule has 11 heteroatoms. The van der Waals surface area contributed by atoms with Crippen LogP contribution in [0.4, 0.5) is 0 Å². The molecule has 2 aromatic carbocycles. The van der Waals surface area contributed by atoms with Gasteiger partial charge in [-0.15, -0.1) is 20.4 Å². The molecule has 0 atom stereocenters. The van der Waals surface area contributed by atoms with Gasteiger partial charge in [-0.3, -0.25) is 4.98 Å². The predicted octanol–water partition coefficient (Wildman–Crippen LogP) is 4.75. The molecule has 0 aliphatic heterocycles. The largest absolute Gasteiger partial charge is 0.263 e. The first-order valence-electron chi connectivity index (χ1n) is 10.3. The molecule has 5 heterocycles. The summed E-state index contributed by atoms with van der Waals surface area (Å²) in [6.07, 6.45) is 3.60. The maximum atomic E-state index is 4.77. The Morgan fingerprint density at radius 3 is 1.47 bits per heavy atom. The highest BCUT2D eigenvalue weighted by atomic mass is 32.1. The summed E-state index contributed by atoms with van der Waals surface area (Å²) < 4.78 is 3.55. The van der Waals surface area contributed by atoms with E-state index in [-0.39, 0.29) is 0 Å². The van der Waals surface area contributed by atoms with Crippen LogP contribution in [0.25, 0.3) is 53.8 Å². The molecule has 5 aromatic heterocycles. The number of hydrogen-bond donors (Lipinski definition) is 0. The van der Waals surface area contributed by atoms with E-state index in [0.717, 1.165) is 42.2 Å². The quantitative estimate of drug-likeness (QED) is 0.359. The molecule has 0 radical (unpaired) electrons. The van der Waals surface area contributed by atoms with Crippen LogP contribution in [0.1, 0.15) is 0 Å². The van der Waals surface area contributed by atoms with Gasteiger partial charge >= 0.3 is 0 Å². The Bertz CT molecular complexity index is 1640. The van der Waals surface area contributed by atoms with Crippen molar-refractivity contribution in [2.45, 2.75) is 0 Å². The van der Waals surface area contributed by atoms with E-state index in [2.05, 4.69) is 25.4 Å². The highest BCUT2D eigenvalue weighted by Gasteiger charge is 2.17. The Morgan fingerprint density at radius 2 is 1.00 bits per heavy atom. The van der Waals surface area contributed by atoms with Gasteiger partial charge in [0.25, 0.3) is 0 Å². The van der Waals surface area contributed by atoms with Gasteiger partial charge in [0.05, 0.1) is 0 Å². The van der Waals surface area contributed by atoms with Gasteiger partial charge in [-0.05, 0) is 6.07 Å². The third-order valence-corrected chi connectivity index (χ3v) is 7.17. The van der Waals surface area contributed by atoms with Crippen molar-refractivity contribution in [3.8, 4) is 43.9 Å². The lowest BCUT2D eigenvalue weighted by atomic mass is 10.2. The summed E-state index contributed by atoms with van der Waals surface area (Å²) in [7, 11) is 0. The summed E-state index contributed by atoms with van der Waals surface area (Å²) >= 11 is 2.94. The molecular weight excluding hydrogens is 466 g/mol. The number of fused-ring (bicyclic) bond motifs is 2. The molecule has 7 aromatic rings. The van der Waals surface area contributed by atoms with Crippen LogP contribution in [0.3, 0.4) is 0 Å². The van der Waals surface area contributed by atoms with Gasteiger partial charge in [0.2, 0.25) is 9.92 Å². The smallest absolute Gasteiger partial charge is 0.235 e. The maximum absolute atomic E-state index is 4.77. The molecule has 0 spiro atoms. The molecule has 0 unspecified atom stereocenters. The molecule has 0 saturated heterocycles. The summed E-state index contributed by atoms with van der Waals surface area (Å²) in [6.45, 7) is 0. The molecule has 0 saturated carbocycles. The van der Waals surface area contributed by atoms with E-state index in [1.807, 2.05) is 66.7 Å². The van der Waals surface area contributed by atoms with Crippen molar-refractivity contribution < 1.29 is 0 Å². The number of rotatable bonds is 4. The number of hydrogen-bond acceptors (Lipinski definition) is 9. The predicted molar refractivity (Wildman–Crippen MR) is 130 cm³/mol. The number of nitrogens with zero attached hydrogens (tertiary/aromatic N) is 9. The van der Waals surface area contributed by atoms with E-state index in [4.69, 9.17) is 10.2 Å². The monoisotopic (exact) mass is 479 g/mol. The second kappa shape index (κ2) is 7.61. The summed E-state index contributed by atoms with van der Waals surface area (Å²) in [5, 5.41) is 28.4. The van der Waals surface area contributed by atoms with Crippen LogP contribution in [-0.2, 0) is 0 Å². The zero-order valence-corrected chi connectivity index (χ0v) is 19.0. The fourth-order valence-electron chi connectivity index (χ4n) is 3.68. The Labute approximate surface area is 200 Å². The number of benzene rings is 2. The molecule has 9 nitrogen and oxygen atoms in total. The van der Waals surface area contributed by atoms with Crippen LogP contribution in [0.2, 0.25) is 0 Å². The summed E-state index contributed by atoms with van der Waals surface area (Å²) in [6, 6.07) is 21.9. The van der Waals surface area contributed by atoms with Crippen molar-refractivity contribution in [3.05, 3.63) is 79.1 Å². The molecule has 0 fully saturated rings. The van der Waals surface area contributed by atoms with Gasteiger partial charge in [0.15, 0.2) is 11.6 Å². The summed E-state index contributed by atoms with van der Waals surface area (Å²) in [5.74, 6) is 1.42. The van der Waals surface area contributed by atoms with Crippen molar-refractivity contribution in [2.75, 3.05) is 0 Å². The normalized spacial score (nSPS) is 11.5. The Balaban J connectivity index is 1.28. The zero-order chi connectivity index (χ0) is 22.5. The molecule has 7 rings (SSSR count). The van der Waals surface area contributed by atoms with Gasteiger partial charge in [-0.25, -0.2) is 0 Å². The van der Waals surface area contributed by atoms with Crippen molar-refractivity contribution in [1.29, 1.82) is 0 Å². The van der Waals surface area contributed by atoms with Crippen molar-refractivity contribution in [2.24, 2.45) is 0 Å². The van der Waals surface area contributed by atoms with E-state index >= 15 is 0 Å². The molecule has 0 amide bonds. The molecule has 162 valence electrons. The van der Waals surface area contributed by atoms with Crippen LogP contribution in [0.15, 0.2) is 79.1 Å². The SMILES string of the molecule is c1ccc(-c2nnc3sc(-c4cncc(-c5nn6c(-c7ccccc7)nnc6s5)c4)nn23)cc1. The third-order valence-electron chi connectivity index (χ3n) is 5.28. The molecule has 0 aliphatic rings. The van der Waals surface area contributed by atoms with E-state index in [0.29, 0.717) is 11.6 Å². The van der Waals surface area contributed by atoms with Gasteiger partial charge in [-0.1, -0.05) is 83.3 Å². The van der Waals surface area contributed by atoms with Crippen molar-refractivity contribution in [1.82, 2.24) is 44.6 Å². The third kappa shape index (κ3) is 3.10. The minimum Gasteiger partial charge on any atom is -0.263 e. The minimum absolute atomic E-state index is 0.712. The molecule has 0 bridgehead atoms. The highest BCUT2D eigenvalue weighted by Crippen LogP contribution is 2.32. The number of aromatic nitrogens is 9. The molecule has 0 N–H and O–H groups in total. The van der Waals surface area contributed by atoms with E-state index in [1.165, 1.54) is 22.7 Å². The highest BCUT2D eigenvalue weighted by molar-refractivity contribution is 7.20.